The van der Waals surface area contributed by atoms with Crippen molar-refractivity contribution < 1.29 is 4.42 Å². The van der Waals surface area contributed by atoms with E-state index >= 15 is 0 Å². The molecule has 0 fully saturated rings. The molecule has 0 amide bonds. The number of nitrogens with zero attached hydrogens (tertiary/aromatic N) is 3. The van der Waals surface area contributed by atoms with E-state index in [0.717, 1.165) is 55.5 Å². The lowest BCUT2D eigenvalue weighted by Gasteiger charge is -2.09. The Kier molecular flexibility index (Phi) is 5.32. The molecule has 3 heterocycles. The van der Waals surface area contributed by atoms with Crippen LogP contribution >= 0.6 is 0 Å². The van der Waals surface area contributed by atoms with Gasteiger partial charge in [-0.2, -0.15) is 5.26 Å². The van der Waals surface area contributed by atoms with Gasteiger partial charge in [0.15, 0.2) is 0 Å². The Bertz CT molecular complexity index is 2860. The van der Waals surface area contributed by atoms with E-state index in [1.807, 2.05) is 24.3 Å². The van der Waals surface area contributed by atoms with Crippen LogP contribution in [0.2, 0.25) is 0 Å². The summed E-state index contributed by atoms with van der Waals surface area (Å²) >= 11 is 0. The van der Waals surface area contributed by atoms with Gasteiger partial charge < -0.3 is 13.6 Å². The predicted octanol–water partition coefficient (Wildman–Crippen LogP) is 11.3. The number of aromatic nitrogens is 2. The summed E-state index contributed by atoms with van der Waals surface area (Å²) in [6.45, 7) is 0. The summed E-state index contributed by atoms with van der Waals surface area (Å²) in [6, 6.07) is 55.5. The van der Waals surface area contributed by atoms with Crippen LogP contribution < -0.4 is 0 Å². The lowest BCUT2D eigenvalue weighted by Crippen LogP contribution is -1.93. The van der Waals surface area contributed by atoms with Gasteiger partial charge in [0.1, 0.15) is 11.2 Å². The highest BCUT2D eigenvalue weighted by atomic mass is 16.3. The van der Waals surface area contributed by atoms with Crippen molar-refractivity contribution in [3.8, 4) is 28.6 Å². The molecule has 0 aliphatic carbocycles. The molecule has 4 nitrogen and oxygen atoms in total. The van der Waals surface area contributed by atoms with Crippen molar-refractivity contribution in [2.75, 3.05) is 0 Å². The minimum absolute atomic E-state index is 0.654. The van der Waals surface area contributed by atoms with Crippen LogP contribution in [0.5, 0.6) is 0 Å². The fourth-order valence-electron chi connectivity index (χ4n) is 7.40. The van der Waals surface area contributed by atoms with Crippen LogP contribution in [0.3, 0.4) is 0 Å². The number of rotatable bonds is 3. The highest BCUT2D eigenvalue weighted by Crippen LogP contribution is 2.39. The van der Waals surface area contributed by atoms with Crippen LogP contribution in [0.25, 0.3) is 88.1 Å². The van der Waals surface area contributed by atoms with E-state index in [-0.39, 0.29) is 0 Å². The van der Waals surface area contributed by atoms with Gasteiger partial charge in [0.25, 0.3) is 0 Å². The molecule has 10 rings (SSSR count). The third-order valence-electron chi connectivity index (χ3n) is 9.55. The molecular weight excluding hydrogens is 574 g/mol. The largest absolute Gasteiger partial charge is 0.456 e. The maximum atomic E-state index is 9.32. The second kappa shape index (κ2) is 9.71. The lowest BCUT2D eigenvalue weighted by molar-refractivity contribution is 0.669. The van der Waals surface area contributed by atoms with Gasteiger partial charge >= 0.3 is 0 Å². The van der Waals surface area contributed by atoms with Crippen LogP contribution in [-0.2, 0) is 0 Å². The third kappa shape index (κ3) is 3.75. The summed E-state index contributed by atoms with van der Waals surface area (Å²) in [7, 11) is 0. The summed E-state index contributed by atoms with van der Waals surface area (Å²) in [4.78, 5) is 0. The highest BCUT2D eigenvalue weighted by Gasteiger charge is 2.16. The van der Waals surface area contributed by atoms with Crippen LogP contribution in [0, 0.1) is 11.3 Å². The van der Waals surface area contributed by atoms with E-state index in [9.17, 15) is 5.26 Å². The number of hydrogen-bond donors (Lipinski definition) is 0. The average Bonchev–Trinajstić information content (AvgIpc) is 3.78. The topological polar surface area (TPSA) is 46.8 Å². The molecule has 0 spiro atoms. The summed E-state index contributed by atoms with van der Waals surface area (Å²) in [6.07, 6.45) is 0. The predicted molar refractivity (Wildman–Crippen MR) is 193 cm³/mol. The molecule has 0 saturated carbocycles. The van der Waals surface area contributed by atoms with Crippen LogP contribution in [0.15, 0.2) is 156 Å². The Hall–Kier alpha value is -6.57. The van der Waals surface area contributed by atoms with E-state index in [2.05, 4.69) is 143 Å². The molecule has 0 aliphatic heterocycles. The smallest absolute Gasteiger partial charge is 0.135 e. The Morgan fingerprint density at radius 2 is 0.872 bits per heavy atom. The number of nitriles is 1. The molecule has 0 radical (unpaired) electrons. The molecule has 0 atom stereocenters. The number of furan rings is 1. The zero-order valence-corrected chi connectivity index (χ0v) is 25.2. The quantitative estimate of drug-likeness (QED) is 0.203. The van der Waals surface area contributed by atoms with Gasteiger partial charge in [0.2, 0.25) is 0 Å². The number of para-hydroxylation sites is 3. The first-order valence-corrected chi connectivity index (χ1v) is 15.7. The summed E-state index contributed by atoms with van der Waals surface area (Å²) in [5, 5.41) is 16.4. The van der Waals surface area contributed by atoms with Crippen molar-refractivity contribution in [3.63, 3.8) is 0 Å². The summed E-state index contributed by atoms with van der Waals surface area (Å²) < 4.78 is 11.0. The number of fused-ring (bicyclic) bond motifs is 9. The molecular formula is C43H25N3O. The number of hydrogen-bond acceptors (Lipinski definition) is 2. The first kappa shape index (κ1) is 25.7. The molecule has 0 unspecified atom stereocenters. The molecule has 0 aliphatic rings. The normalized spacial score (nSPS) is 11.8. The monoisotopic (exact) mass is 599 g/mol. The van der Waals surface area contributed by atoms with E-state index in [4.69, 9.17) is 4.42 Å². The van der Waals surface area contributed by atoms with Gasteiger partial charge in [-0.3, -0.25) is 0 Å². The molecule has 47 heavy (non-hydrogen) atoms. The molecule has 0 N–H and O–H groups in total. The molecule has 3 aromatic heterocycles. The van der Waals surface area contributed by atoms with Gasteiger partial charge in [-0.15, -0.1) is 0 Å². The standard InChI is InChI=1S/C43H25N3O/c44-26-27-13-17-30(18-14-27)45-40-12-6-3-9-34(40)35-23-28(15-20-41(35)45)29-16-21-42-36(24-29)37-25-31(19-22-43(37)47-42)46-38-10-4-1-7-32(38)33-8-2-5-11-39(33)46/h1-25H. The van der Waals surface area contributed by atoms with Gasteiger partial charge in [-0.25, -0.2) is 0 Å². The Morgan fingerprint density at radius 1 is 0.404 bits per heavy atom. The van der Waals surface area contributed by atoms with Crippen LogP contribution in [0.1, 0.15) is 5.56 Å². The van der Waals surface area contributed by atoms with Crippen molar-refractivity contribution in [3.05, 3.63) is 157 Å². The van der Waals surface area contributed by atoms with Gasteiger partial charge in [0, 0.05) is 43.7 Å². The van der Waals surface area contributed by atoms with E-state index in [1.165, 1.54) is 32.6 Å². The Balaban J connectivity index is 1.15. The van der Waals surface area contributed by atoms with Crippen molar-refractivity contribution in [1.29, 1.82) is 5.26 Å². The zero-order valence-electron chi connectivity index (χ0n) is 25.2. The van der Waals surface area contributed by atoms with Crippen molar-refractivity contribution in [1.82, 2.24) is 9.13 Å². The highest BCUT2D eigenvalue weighted by molar-refractivity contribution is 6.12. The molecule has 0 saturated heterocycles. The molecule has 0 bridgehead atoms. The summed E-state index contributed by atoms with van der Waals surface area (Å²) in [5.41, 5.74) is 11.5. The summed E-state index contributed by atoms with van der Waals surface area (Å²) in [5.74, 6) is 0. The number of benzene rings is 7. The molecule has 4 heteroatoms. The van der Waals surface area contributed by atoms with E-state index in [1.54, 1.807) is 0 Å². The fourth-order valence-corrected chi connectivity index (χ4v) is 7.40. The SMILES string of the molecule is N#Cc1ccc(-n2c3ccccc3c3cc(-c4ccc5oc6ccc(-n7c8ccccc8c8ccccc87)cc6c5c4)ccc32)cc1. The Morgan fingerprint density at radius 3 is 1.51 bits per heavy atom. The van der Waals surface area contributed by atoms with E-state index in [0.29, 0.717) is 5.56 Å². The maximum absolute atomic E-state index is 9.32. The van der Waals surface area contributed by atoms with Gasteiger partial charge in [-0.1, -0.05) is 66.7 Å². The minimum Gasteiger partial charge on any atom is -0.456 e. The van der Waals surface area contributed by atoms with Crippen molar-refractivity contribution >= 4 is 65.6 Å². The van der Waals surface area contributed by atoms with Gasteiger partial charge in [0.05, 0.1) is 33.7 Å². The second-order valence-corrected chi connectivity index (χ2v) is 12.1. The molecule has 10 aromatic rings. The fraction of sp³-hybridized carbons (Fsp3) is 0. The van der Waals surface area contributed by atoms with Gasteiger partial charge in [-0.05, 0) is 96.1 Å². The van der Waals surface area contributed by atoms with Crippen molar-refractivity contribution in [2.45, 2.75) is 0 Å². The van der Waals surface area contributed by atoms with Crippen molar-refractivity contribution in [2.24, 2.45) is 0 Å². The third-order valence-corrected chi connectivity index (χ3v) is 9.55. The second-order valence-electron chi connectivity index (χ2n) is 12.1. The Labute approximate surface area is 269 Å². The first-order chi connectivity index (χ1) is 23.2. The van der Waals surface area contributed by atoms with Crippen LogP contribution in [-0.4, -0.2) is 9.13 Å². The molecule has 7 aromatic carbocycles. The first-order valence-electron chi connectivity index (χ1n) is 15.7. The average molecular weight is 600 g/mol. The van der Waals surface area contributed by atoms with E-state index < -0.39 is 0 Å². The maximum Gasteiger partial charge on any atom is 0.135 e. The lowest BCUT2D eigenvalue weighted by atomic mass is 10.0. The van der Waals surface area contributed by atoms with Crippen LogP contribution in [0.4, 0.5) is 0 Å². The molecule has 218 valence electrons. The zero-order chi connectivity index (χ0) is 31.1. The minimum atomic E-state index is 0.654.